The lowest BCUT2D eigenvalue weighted by molar-refractivity contribution is 0.179. The smallest absolute Gasteiger partial charge is 0.114 e. The van der Waals surface area contributed by atoms with Gasteiger partial charge in [-0.3, -0.25) is 4.90 Å². The summed E-state index contributed by atoms with van der Waals surface area (Å²) in [6, 6.07) is 18.0. The third kappa shape index (κ3) is 3.36. The van der Waals surface area contributed by atoms with Crippen LogP contribution in [0, 0.1) is 0 Å². The van der Waals surface area contributed by atoms with Crippen molar-refractivity contribution in [3.63, 3.8) is 0 Å². The molecule has 1 atom stereocenters. The molecule has 4 heterocycles. The van der Waals surface area contributed by atoms with Crippen molar-refractivity contribution < 1.29 is 0 Å². The molecule has 1 N–H and O–H groups in total. The molecule has 0 aliphatic carbocycles. The Labute approximate surface area is 183 Å². The molecule has 2 fully saturated rings. The minimum absolute atomic E-state index is 0.543. The molecule has 5 heteroatoms. The molecule has 4 aromatic rings. The predicted octanol–water partition coefficient (Wildman–Crippen LogP) is 4.44. The molecule has 2 aromatic carbocycles. The van der Waals surface area contributed by atoms with Crippen molar-refractivity contribution >= 4 is 21.9 Å². The Morgan fingerprint density at radius 3 is 2.55 bits per heavy atom. The summed E-state index contributed by atoms with van der Waals surface area (Å²) in [4.78, 5) is 7.73. The summed E-state index contributed by atoms with van der Waals surface area (Å²) in [5.74, 6) is 1.85. The van der Waals surface area contributed by atoms with Crippen molar-refractivity contribution in [1.29, 1.82) is 0 Å². The molecule has 0 amide bonds. The Kier molecular flexibility index (Phi) is 4.81. The average molecular weight is 414 g/mol. The highest BCUT2D eigenvalue weighted by Gasteiger charge is 2.29. The van der Waals surface area contributed by atoms with Gasteiger partial charge in [0.1, 0.15) is 5.82 Å². The van der Waals surface area contributed by atoms with Gasteiger partial charge < -0.3 is 14.5 Å². The van der Waals surface area contributed by atoms with E-state index in [1.807, 2.05) is 0 Å². The molecular formula is C26H31N5. The van der Waals surface area contributed by atoms with E-state index in [1.165, 1.54) is 47.1 Å². The Hall–Kier alpha value is -2.63. The van der Waals surface area contributed by atoms with Crippen LogP contribution in [0.1, 0.15) is 42.6 Å². The normalized spacial score (nSPS) is 20.9. The molecule has 1 unspecified atom stereocenters. The van der Waals surface area contributed by atoms with Crippen molar-refractivity contribution in [2.45, 2.75) is 37.8 Å². The molecule has 5 nitrogen and oxygen atoms in total. The third-order valence-electron chi connectivity index (χ3n) is 7.34. The zero-order valence-electron chi connectivity index (χ0n) is 18.3. The van der Waals surface area contributed by atoms with Crippen LogP contribution in [0.2, 0.25) is 0 Å². The molecule has 2 aliphatic rings. The molecule has 0 saturated carbocycles. The van der Waals surface area contributed by atoms with Gasteiger partial charge in [0, 0.05) is 62.3 Å². The maximum atomic E-state index is 5.10. The highest BCUT2D eigenvalue weighted by atomic mass is 15.2. The fraction of sp³-hybridized carbons (Fsp3) is 0.423. The van der Waals surface area contributed by atoms with Crippen LogP contribution in [-0.4, -0.2) is 45.2 Å². The number of piperidine rings is 1. The largest absolute Gasteiger partial charge is 0.350 e. The summed E-state index contributed by atoms with van der Waals surface area (Å²) in [6.45, 7) is 5.49. The van der Waals surface area contributed by atoms with Crippen LogP contribution in [0.25, 0.3) is 21.9 Å². The first kappa shape index (κ1) is 19.1. The maximum absolute atomic E-state index is 5.10. The van der Waals surface area contributed by atoms with Crippen LogP contribution in [-0.2, 0) is 13.6 Å². The van der Waals surface area contributed by atoms with Gasteiger partial charge in [-0.25, -0.2) is 4.98 Å². The number of aryl methyl sites for hydroxylation is 1. The second-order valence-electron chi connectivity index (χ2n) is 9.31. The number of nitrogens with zero attached hydrogens (tertiary/aromatic N) is 4. The topological polar surface area (TPSA) is 38.0 Å². The van der Waals surface area contributed by atoms with Crippen LogP contribution >= 0.6 is 0 Å². The van der Waals surface area contributed by atoms with E-state index in [4.69, 9.17) is 4.98 Å². The van der Waals surface area contributed by atoms with Gasteiger partial charge in [0.05, 0.1) is 11.0 Å². The predicted molar refractivity (Wildman–Crippen MR) is 126 cm³/mol. The minimum Gasteiger partial charge on any atom is -0.350 e. The van der Waals surface area contributed by atoms with Crippen LogP contribution in [0.15, 0.2) is 54.7 Å². The molecule has 31 heavy (non-hydrogen) atoms. The van der Waals surface area contributed by atoms with Crippen LogP contribution < -0.4 is 5.32 Å². The number of aromatic nitrogens is 3. The lowest BCUT2D eigenvalue weighted by Gasteiger charge is -2.34. The van der Waals surface area contributed by atoms with Gasteiger partial charge in [0.25, 0.3) is 0 Å². The Balaban J connectivity index is 1.23. The molecule has 2 saturated heterocycles. The monoisotopic (exact) mass is 413 g/mol. The number of benzene rings is 2. The van der Waals surface area contributed by atoms with Gasteiger partial charge in [0.15, 0.2) is 0 Å². The van der Waals surface area contributed by atoms with Crippen molar-refractivity contribution in [3.05, 3.63) is 66.1 Å². The summed E-state index contributed by atoms with van der Waals surface area (Å²) in [5, 5.41) is 4.93. The quantitative estimate of drug-likeness (QED) is 0.537. The molecule has 2 aliphatic heterocycles. The number of para-hydroxylation sites is 3. The number of fused-ring (bicyclic) bond motifs is 2. The Morgan fingerprint density at radius 1 is 0.968 bits per heavy atom. The summed E-state index contributed by atoms with van der Waals surface area (Å²) in [6.07, 6.45) is 5.89. The number of hydrogen-bond donors (Lipinski definition) is 1. The zero-order valence-corrected chi connectivity index (χ0v) is 18.3. The Morgan fingerprint density at radius 2 is 1.74 bits per heavy atom. The first-order chi connectivity index (χ1) is 15.3. The van der Waals surface area contributed by atoms with E-state index in [-0.39, 0.29) is 0 Å². The third-order valence-corrected chi connectivity index (χ3v) is 7.34. The zero-order chi connectivity index (χ0) is 20.8. The summed E-state index contributed by atoms with van der Waals surface area (Å²) >= 11 is 0. The van der Waals surface area contributed by atoms with Crippen LogP contribution in [0.4, 0.5) is 0 Å². The second kappa shape index (κ2) is 7.81. The van der Waals surface area contributed by atoms with E-state index in [0.29, 0.717) is 12.0 Å². The van der Waals surface area contributed by atoms with Gasteiger partial charge in [-0.15, -0.1) is 0 Å². The average Bonchev–Trinajstić information content (AvgIpc) is 3.53. The van der Waals surface area contributed by atoms with E-state index in [0.717, 1.165) is 38.2 Å². The lowest BCUT2D eigenvalue weighted by atomic mass is 10.0. The van der Waals surface area contributed by atoms with Gasteiger partial charge >= 0.3 is 0 Å². The van der Waals surface area contributed by atoms with Crippen molar-refractivity contribution in [2.24, 2.45) is 7.05 Å². The number of likely N-dealkylation sites (tertiary alicyclic amines) is 1. The number of rotatable bonds is 4. The molecular weight excluding hydrogens is 382 g/mol. The molecule has 0 bridgehead atoms. The van der Waals surface area contributed by atoms with Crippen molar-refractivity contribution in [2.75, 3.05) is 26.2 Å². The van der Waals surface area contributed by atoms with E-state index >= 15 is 0 Å². The SMILES string of the molecule is Cn1cc(CN2CCC(n3c(C4CCNC4)nc4ccccc43)CC2)c2ccccc21. The van der Waals surface area contributed by atoms with Gasteiger partial charge in [-0.05, 0) is 49.6 Å². The maximum Gasteiger partial charge on any atom is 0.114 e. The lowest BCUT2D eigenvalue weighted by Crippen LogP contribution is -2.34. The second-order valence-corrected chi connectivity index (χ2v) is 9.31. The molecule has 160 valence electrons. The number of hydrogen-bond acceptors (Lipinski definition) is 3. The minimum atomic E-state index is 0.543. The summed E-state index contributed by atoms with van der Waals surface area (Å²) < 4.78 is 4.86. The fourth-order valence-corrected chi connectivity index (χ4v) is 5.74. The van der Waals surface area contributed by atoms with Gasteiger partial charge in [-0.2, -0.15) is 0 Å². The van der Waals surface area contributed by atoms with E-state index in [1.54, 1.807) is 0 Å². The molecule has 2 aromatic heterocycles. The van der Waals surface area contributed by atoms with Crippen molar-refractivity contribution in [3.8, 4) is 0 Å². The van der Waals surface area contributed by atoms with E-state index in [9.17, 15) is 0 Å². The molecule has 0 spiro atoms. The first-order valence-electron chi connectivity index (χ1n) is 11.7. The molecule has 6 rings (SSSR count). The van der Waals surface area contributed by atoms with E-state index < -0.39 is 0 Å². The van der Waals surface area contributed by atoms with Crippen LogP contribution in [0.5, 0.6) is 0 Å². The van der Waals surface area contributed by atoms with Gasteiger partial charge in [-0.1, -0.05) is 30.3 Å². The highest BCUT2D eigenvalue weighted by Crippen LogP contribution is 2.34. The fourth-order valence-electron chi connectivity index (χ4n) is 5.74. The summed E-state index contributed by atoms with van der Waals surface area (Å²) in [5.41, 5.74) is 5.24. The van der Waals surface area contributed by atoms with Crippen LogP contribution in [0.3, 0.4) is 0 Å². The Bertz CT molecular complexity index is 1210. The standard InChI is InChI=1S/C26H31N5/c1-29-17-20(22-6-2-4-8-24(22)29)18-30-14-11-21(12-15-30)31-25-9-5-3-7-23(25)28-26(31)19-10-13-27-16-19/h2-9,17,19,21,27H,10-16,18H2,1H3. The number of nitrogens with one attached hydrogen (secondary N) is 1. The van der Waals surface area contributed by atoms with Gasteiger partial charge in [0.2, 0.25) is 0 Å². The van der Waals surface area contributed by atoms with Crippen molar-refractivity contribution in [1.82, 2.24) is 24.3 Å². The number of imidazole rings is 1. The van der Waals surface area contributed by atoms with E-state index in [2.05, 4.69) is 81.1 Å². The first-order valence-corrected chi connectivity index (χ1v) is 11.7. The summed E-state index contributed by atoms with van der Waals surface area (Å²) in [7, 11) is 2.15. The highest BCUT2D eigenvalue weighted by molar-refractivity contribution is 5.83. The molecule has 0 radical (unpaired) electrons.